The van der Waals surface area contributed by atoms with Gasteiger partial charge in [0.25, 0.3) is 0 Å². The summed E-state index contributed by atoms with van der Waals surface area (Å²) < 4.78 is 0. The van der Waals surface area contributed by atoms with Gasteiger partial charge in [-0.3, -0.25) is 0 Å². The van der Waals surface area contributed by atoms with Gasteiger partial charge in [0.15, 0.2) is 0 Å². The Balaban J connectivity index is 0.000000152. The van der Waals surface area contributed by atoms with Gasteiger partial charge in [0.05, 0.1) is 0 Å². The number of benzene rings is 3. The fourth-order valence-corrected chi connectivity index (χ4v) is 5.84. The third-order valence-electron chi connectivity index (χ3n) is 8.08. The quantitative estimate of drug-likeness (QED) is 0.103. The number of H-pyrrole nitrogens is 2. The lowest BCUT2D eigenvalue weighted by Crippen LogP contribution is -2.13. The molecule has 0 spiro atoms. The van der Waals surface area contributed by atoms with Crippen LogP contribution < -0.4 is 22.1 Å². The standard InChI is InChI=1S/C14H20N2.C13H19N3.C11H13N/c1-10(2)14-9-12(16-7-6-15)8-11-4-3-5-13(11)14;1-9(2)12-7-10(15-6-4-14)8-13-11(12)3-5-16-13;1-8(2)9-4-3-5-11-10(9)6-7-12-11/h3-4,8-10,16H,5-7,15H2,1-2H3;3,5,7-9,15-16H,4,6,14H2,1-2H3;3-8,12H,1-2H3. The van der Waals surface area contributed by atoms with Crippen LogP contribution in [0.3, 0.4) is 0 Å². The van der Waals surface area contributed by atoms with Crippen molar-refractivity contribution >= 4 is 39.3 Å². The number of fused-ring (bicyclic) bond motifs is 3. The van der Waals surface area contributed by atoms with Crippen LogP contribution in [0.5, 0.6) is 0 Å². The molecular weight excluding hydrogens is 540 g/mol. The SMILES string of the molecule is CC(C)c1cc(NCCN)cc2[nH]ccc12.CC(C)c1cc(NCCN)cc2c1CC=C2.CC(C)c1cccc2[nH]ccc12. The molecule has 0 aliphatic heterocycles. The second-order valence-corrected chi connectivity index (χ2v) is 12.4. The molecule has 44 heavy (non-hydrogen) atoms. The zero-order chi connectivity index (χ0) is 31.6. The molecule has 0 bridgehead atoms. The highest BCUT2D eigenvalue weighted by atomic mass is 14.9. The molecule has 6 heteroatoms. The van der Waals surface area contributed by atoms with Crippen LogP contribution in [-0.2, 0) is 6.42 Å². The maximum absolute atomic E-state index is 5.51. The molecule has 2 heterocycles. The molecule has 2 aromatic heterocycles. The molecule has 234 valence electrons. The lowest BCUT2D eigenvalue weighted by molar-refractivity contribution is 0.851. The van der Waals surface area contributed by atoms with E-state index in [9.17, 15) is 0 Å². The molecule has 0 amide bonds. The largest absolute Gasteiger partial charge is 0.384 e. The molecule has 0 saturated carbocycles. The molecule has 3 aromatic carbocycles. The van der Waals surface area contributed by atoms with Gasteiger partial charge in [-0.1, -0.05) is 65.8 Å². The number of allylic oxidation sites excluding steroid dienone is 1. The molecule has 0 fully saturated rings. The van der Waals surface area contributed by atoms with Crippen molar-refractivity contribution in [2.45, 2.75) is 65.7 Å². The fourth-order valence-electron chi connectivity index (χ4n) is 5.84. The van der Waals surface area contributed by atoms with Gasteiger partial charge in [0.1, 0.15) is 0 Å². The van der Waals surface area contributed by atoms with Crippen LogP contribution in [0.25, 0.3) is 27.9 Å². The normalized spacial score (nSPS) is 12.0. The van der Waals surface area contributed by atoms with E-state index < -0.39 is 0 Å². The summed E-state index contributed by atoms with van der Waals surface area (Å²) in [5.74, 6) is 1.70. The van der Waals surface area contributed by atoms with Crippen LogP contribution in [0.1, 0.15) is 87.1 Å². The number of rotatable bonds is 9. The van der Waals surface area contributed by atoms with Crippen LogP contribution in [0.4, 0.5) is 11.4 Å². The summed E-state index contributed by atoms with van der Waals surface area (Å²) in [4.78, 5) is 6.48. The first-order chi connectivity index (χ1) is 21.2. The fraction of sp³-hybridized carbons (Fsp3) is 0.368. The lowest BCUT2D eigenvalue weighted by atomic mass is 9.93. The van der Waals surface area contributed by atoms with Crippen LogP contribution >= 0.6 is 0 Å². The molecule has 0 radical (unpaired) electrons. The maximum Gasteiger partial charge on any atom is 0.0477 e. The van der Waals surface area contributed by atoms with E-state index in [-0.39, 0.29) is 0 Å². The van der Waals surface area contributed by atoms with Gasteiger partial charge in [-0.25, -0.2) is 0 Å². The van der Waals surface area contributed by atoms with E-state index in [0.29, 0.717) is 30.8 Å². The van der Waals surface area contributed by atoms with Crippen molar-refractivity contribution in [1.82, 2.24) is 9.97 Å². The summed E-state index contributed by atoms with van der Waals surface area (Å²) in [5, 5.41) is 9.35. The molecule has 8 N–H and O–H groups in total. The lowest BCUT2D eigenvalue weighted by Gasteiger charge is -2.15. The number of hydrogen-bond acceptors (Lipinski definition) is 4. The second kappa shape index (κ2) is 15.6. The van der Waals surface area contributed by atoms with E-state index in [4.69, 9.17) is 11.5 Å². The topological polar surface area (TPSA) is 108 Å². The van der Waals surface area contributed by atoms with Crippen molar-refractivity contribution in [1.29, 1.82) is 0 Å². The van der Waals surface area contributed by atoms with Gasteiger partial charge in [-0.2, -0.15) is 0 Å². The van der Waals surface area contributed by atoms with Crippen molar-refractivity contribution in [3.05, 3.63) is 101 Å². The summed E-state index contributed by atoms with van der Waals surface area (Å²) in [7, 11) is 0. The van der Waals surface area contributed by atoms with E-state index >= 15 is 0 Å². The summed E-state index contributed by atoms with van der Waals surface area (Å²) in [6.45, 7) is 16.3. The monoisotopic (exact) mass is 592 g/mol. The van der Waals surface area contributed by atoms with Crippen molar-refractivity contribution in [3.63, 3.8) is 0 Å². The smallest absolute Gasteiger partial charge is 0.0477 e. The van der Waals surface area contributed by atoms with E-state index in [2.05, 4.69) is 129 Å². The minimum Gasteiger partial charge on any atom is -0.384 e. The summed E-state index contributed by atoms with van der Waals surface area (Å²) in [6, 6.07) is 19.5. The Morgan fingerprint density at radius 1 is 0.659 bits per heavy atom. The highest BCUT2D eigenvalue weighted by Gasteiger charge is 2.14. The number of aromatic nitrogens is 2. The summed E-state index contributed by atoms with van der Waals surface area (Å²) in [6.07, 6.45) is 9.53. The maximum atomic E-state index is 5.51. The highest BCUT2D eigenvalue weighted by Crippen LogP contribution is 2.32. The molecule has 6 rings (SSSR count). The van der Waals surface area contributed by atoms with Crippen molar-refractivity contribution in [2.24, 2.45) is 11.5 Å². The zero-order valence-corrected chi connectivity index (χ0v) is 27.4. The Morgan fingerprint density at radius 3 is 1.84 bits per heavy atom. The molecule has 5 aromatic rings. The number of nitrogens with two attached hydrogens (primary N) is 2. The predicted octanol–water partition coefficient (Wildman–Crippen LogP) is 8.70. The molecule has 1 aliphatic carbocycles. The van der Waals surface area contributed by atoms with E-state index in [0.717, 1.165) is 25.2 Å². The van der Waals surface area contributed by atoms with Crippen LogP contribution in [0.15, 0.2) is 73.1 Å². The number of nitrogens with one attached hydrogen (secondary N) is 4. The first-order valence-corrected chi connectivity index (χ1v) is 16.1. The summed E-state index contributed by atoms with van der Waals surface area (Å²) >= 11 is 0. The number of aromatic amines is 2. The molecule has 0 atom stereocenters. The third-order valence-corrected chi connectivity index (χ3v) is 8.08. The zero-order valence-electron chi connectivity index (χ0n) is 27.4. The number of hydrogen-bond donors (Lipinski definition) is 6. The Labute approximate surface area is 263 Å². The first kappa shape index (κ1) is 32.9. The third kappa shape index (κ3) is 8.13. The van der Waals surface area contributed by atoms with Crippen molar-refractivity contribution < 1.29 is 0 Å². The Morgan fingerprint density at radius 2 is 1.23 bits per heavy atom. The minimum atomic E-state index is 0.526. The van der Waals surface area contributed by atoms with E-state index in [1.54, 1.807) is 0 Å². The molecule has 0 saturated heterocycles. The summed E-state index contributed by atoms with van der Waals surface area (Å²) in [5.41, 5.74) is 22.9. The van der Waals surface area contributed by atoms with Crippen LogP contribution in [-0.4, -0.2) is 36.1 Å². The van der Waals surface area contributed by atoms with Gasteiger partial charge in [0.2, 0.25) is 0 Å². The van der Waals surface area contributed by atoms with Crippen molar-refractivity contribution in [3.8, 4) is 0 Å². The Kier molecular flexibility index (Phi) is 11.7. The average molecular weight is 593 g/mol. The molecular formula is C38H52N6. The Hall–Kier alpha value is -4.00. The number of anilines is 2. The van der Waals surface area contributed by atoms with Gasteiger partial charge in [-0.15, -0.1) is 0 Å². The highest BCUT2D eigenvalue weighted by molar-refractivity contribution is 5.87. The van der Waals surface area contributed by atoms with Gasteiger partial charge in [0, 0.05) is 71.8 Å². The molecule has 0 unspecified atom stereocenters. The molecule has 6 nitrogen and oxygen atoms in total. The second-order valence-electron chi connectivity index (χ2n) is 12.4. The van der Waals surface area contributed by atoms with E-state index in [1.165, 1.54) is 55.3 Å². The van der Waals surface area contributed by atoms with E-state index in [1.807, 2.05) is 12.4 Å². The van der Waals surface area contributed by atoms with Crippen molar-refractivity contribution in [2.75, 3.05) is 36.8 Å². The van der Waals surface area contributed by atoms with Gasteiger partial charge in [-0.05, 0) is 94.5 Å². The van der Waals surface area contributed by atoms with Crippen LogP contribution in [0.2, 0.25) is 0 Å². The van der Waals surface area contributed by atoms with Crippen LogP contribution in [0, 0.1) is 0 Å². The average Bonchev–Trinajstić information content (AvgIpc) is 3.79. The predicted molar refractivity (Wildman–Crippen MR) is 193 cm³/mol. The Bertz CT molecular complexity index is 1650. The first-order valence-electron chi connectivity index (χ1n) is 16.1. The minimum absolute atomic E-state index is 0.526. The van der Waals surface area contributed by atoms with Gasteiger partial charge < -0.3 is 32.1 Å². The molecule has 1 aliphatic rings. The van der Waals surface area contributed by atoms with Gasteiger partial charge >= 0.3 is 0 Å².